The van der Waals surface area contributed by atoms with E-state index < -0.39 is 17.6 Å². The summed E-state index contributed by atoms with van der Waals surface area (Å²) in [6.45, 7) is 6.69. The highest BCUT2D eigenvalue weighted by Crippen LogP contribution is 2.28. The summed E-state index contributed by atoms with van der Waals surface area (Å²) in [5.74, 6) is -0.553. The van der Waals surface area contributed by atoms with Crippen molar-refractivity contribution in [3.05, 3.63) is 34.2 Å². The van der Waals surface area contributed by atoms with Crippen LogP contribution in [0.4, 0.5) is 4.79 Å². The van der Waals surface area contributed by atoms with E-state index in [1.165, 1.54) is 4.57 Å². The molecule has 0 spiro atoms. The Bertz CT molecular complexity index is 831. The van der Waals surface area contributed by atoms with Crippen LogP contribution in [-0.4, -0.2) is 46.1 Å². The summed E-state index contributed by atoms with van der Waals surface area (Å²) in [5, 5.41) is 2.28. The molecule has 2 aliphatic heterocycles. The quantitative estimate of drug-likeness (QED) is 0.780. The number of rotatable bonds is 2. The van der Waals surface area contributed by atoms with Crippen molar-refractivity contribution >= 4 is 17.9 Å². The third-order valence-electron chi connectivity index (χ3n) is 5.14. The SMILES string of the molecule is CC(C)(C)OC(=O)N1CCC(c2ccn(C3CCC(=O)NC3=O)c(=O)c2)CC1. The van der Waals surface area contributed by atoms with Crippen molar-refractivity contribution in [1.29, 1.82) is 0 Å². The standard InChI is InChI=1S/C20H27N3O5/c1-20(2,3)28-19(27)22-9-6-13(7-10-22)14-8-11-23(17(25)12-14)15-4-5-16(24)21-18(15)26/h8,11-13,15H,4-7,9-10H2,1-3H3,(H,21,24,26). The second-order valence-electron chi connectivity index (χ2n) is 8.41. The van der Waals surface area contributed by atoms with Crippen LogP contribution in [0.3, 0.4) is 0 Å². The van der Waals surface area contributed by atoms with Gasteiger partial charge in [-0.2, -0.15) is 0 Å². The first-order valence-corrected chi connectivity index (χ1v) is 9.68. The first-order valence-electron chi connectivity index (χ1n) is 9.68. The van der Waals surface area contributed by atoms with E-state index in [1.54, 1.807) is 17.2 Å². The van der Waals surface area contributed by atoms with Gasteiger partial charge in [-0.25, -0.2) is 4.79 Å². The van der Waals surface area contributed by atoms with Gasteiger partial charge in [0.2, 0.25) is 11.8 Å². The van der Waals surface area contributed by atoms with Gasteiger partial charge in [0, 0.05) is 31.8 Å². The zero-order valence-corrected chi connectivity index (χ0v) is 16.6. The number of nitrogens with one attached hydrogen (secondary N) is 1. The van der Waals surface area contributed by atoms with Crippen LogP contribution in [0.5, 0.6) is 0 Å². The fraction of sp³-hybridized carbons (Fsp3) is 0.600. The third-order valence-corrected chi connectivity index (χ3v) is 5.14. The van der Waals surface area contributed by atoms with Gasteiger partial charge in [0.1, 0.15) is 11.6 Å². The van der Waals surface area contributed by atoms with Gasteiger partial charge in [0.05, 0.1) is 0 Å². The summed E-state index contributed by atoms with van der Waals surface area (Å²) in [5.41, 5.74) is 0.146. The van der Waals surface area contributed by atoms with Gasteiger partial charge in [0.25, 0.3) is 5.56 Å². The molecule has 2 fully saturated rings. The van der Waals surface area contributed by atoms with Crippen molar-refractivity contribution in [3.8, 4) is 0 Å². The zero-order chi connectivity index (χ0) is 20.5. The van der Waals surface area contributed by atoms with Crippen LogP contribution in [0.15, 0.2) is 23.1 Å². The van der Waals surface area contributed by atoms with Gasteiger partial charge in [0.15, 0.2) is 0 Å². The summed E-state index contributed by atoms with van der Waals surface area (Å²) in [4.78, 5) is 49.7. The summed E-state index contributed by atoms with van der Waals surface area (Å²) < 4.78 is 6.80. The smallest absolute Gasteiger partial charge is 0.410 e. The molecule has 0 aliphatic carbocycles. The second kappa shape index (κ2) is 7.77. The number of likely N-dealkylation sites (tertiary alicyclic amines) is 1. The van der Waals surface area contributed by atoms with Gasteiger partial charge in [-0.15, -0.1) is 0 Å². The number of hydrogen-bond acceptors (Lipinski definition) is 5. The Labute approximate surface area is 163 Å². The minimum atomic E-state index is -0.645. The van der Waals surface area contributed by atoms with E-state index in [1.807, 2.05) is 26.8 Å². The lowest BCUT2D eigenvalue weighted by Crippen LogP contribution is -2.44. The van der Waals surface area contributed by atoms with Gasteiger partial charge < -0.3 is 14.2 Å². The number of nitrogens with zero attached hydrogens (tertiary/aromatic N) is 2. The van der Waals surface area contributed by atoms with Gasteiger partial charge in [-0.05, 0) is 57.6 Å². The first-order chi connectivity index (χ1) is 13.1. The van der Waals surface area contributed by atoms with Gasteiger partial charge in [-0.1, -0.05) is 0 Å². The van der Waals surface area contributed by atoms with Crippen LogP contribution in [0.25, 0.3) is 0 Å². The van der Waals surface area contributed by atoms with Crippen molar-refractivity contribution in [3.63, 3.8) is 0 Å². The number of carbonyl (C=O) groups excluding carboxylic acids is 3. The molecule has 3 amide bonds. The topological polar surface area (TPSA) is 97.7 Å². The molecule has 1 aromatic rings. The molecule has 3 heterocycles. The molecule has 8 heteroatoms. The fourth-order valence-corrected chi connectivity index (χ4v) is 3.69. The summed E-state index contributed by atoms with van der Waals surface area (Å²) in [6.07, 6.45) is 3.39. The van der Waals surface area contributed by atoms with Crippen LogP contribution in [-0.2, 0) is 14.3 Å². The van der Waals surface area contributed by atoms with E-state index in [0.717, 1.165) is 18.4 Å². The molecule has 0 saturated carbocycles. The summed E-state index contributed by atoms with van der Waals surface area (Å²) in [7, 11) is 0. The minimum Gasteiger partial charge on any atom is -0.444 e. The number of ether oxygens (including phenoxy) is 1. The molecule has 1 N–H and O–H groups in total. The Hall–Kier alpha value is -2.64. The Morgan fingerprint density at radius 3 is 2.39 bits per heavy atom. The van der Waals surface area contributed by atoms with Crippen molar-refractivity contribution in [2.45, 2.75) is 64.0 Å². The third kappa shape index (κ3) is 4.61. The Morgan fingerprint density at radius 1 is 1.14 bits per heavy atom. The van der Waals surface area contributed by atoms with Crippen LogP contribution >= 0.6 is 0 Å². The molecular weight excluding hydrogens is 362 g/mol. The Morgan fingerprint density at radius 2 is 1.82 bits per heavy atom. The monoisotopic (exact) mass is 389 g/mol. The highest BCUT2D eigenvalue weighted by atomic mass is 16.6. The molecule has 1 aromatic heterocycles. The van der Waals surface area contributed by atoms with E-state index >= 15 is 0 Å². The molecule has 152 valence electrons. The highest BCUT2D eigenvalue weighted by molar-refractivity contribution is 5.99. The predicted octanol–water partition coefficient (Wildman–Crippen LogP) is 1.94. The maximum Gasteiger partial charge on any atom is 0.410 e. The minimum absolute atomic E-state index is 0.183. The molecular formula is C20H27N3O5. The lowest BCUT2D eigenvalue weighted by Gasteiger charge is -2.33. The lowest BCUT2D eigenvalue weighted by molar-refractivity contribution is -0.135. The van der Waals surface area contributed by atoms with E-state index in [9.17, 15) is 19.2 Å². The number of imide groups is 1. The normalized spacial score (nSPS) is 21.4. The zero-order valence-electron chi connectivity index (χ0n) is 16.6. The summed E-state index contributed by atoms with van der Waals surface area (Å²) >= 11 is 0. The van der Waals surface area contributed by atoms with Gasteiger partial charge in [-0.3, -0.25) is 19.7 Å². The molecule has 2 saturated heterocycles. The maximum absolute atomic E-state index is 12.6. The molecule has 28 heavy (non-hydrogen) atoms. The average molecular weight is 389 g/mol. The number of hydrogen-bond donors (Lipinski definition) is 1. The number of amides is 3. The predicted molar refractivity (Wildman–Crippen MR) is 102 cm³/mol. The van der Waals surface area contributed by atoms with Crippen LogP contribution in [0.2, 0.25) is 0 Å². The second-order valence-corrected chi connectivity index (χ2v) is 8.41. The molecule has 2 aliphatic rings. The Balaban J connectivity index is 1.64. The number of aromatic nitrogens is 1. The summed E-state index contributed by atoms with van der Waals surface area (Å²) in [6, 6.07) is 2.78. The molecule has 8 nitrogen and oxygen atoms in total. The van der Waals surface area contributed by atoms with Gasteiger partial charge >= 0.3 is 6.09 Å². The number of carbonyl (C=O) groups is 3. The molecule has 0 aromatic carbocycles. The first kappa shape index (κ1) is 20.1. The van der Waals surface area contributed by atoms with E-state index in [0.29, 0.717) is 19.5 Å². The molecule has 0 bridgehead atoms. The average Bonchev–Trinajstić information content (AvgIpc) is 2.61. The molecule has 3 rings (SSSR count). The maximum atomic E-state index is 12.6. The van der Waals surface area contributed by atoms with Crippen LogP contribution in [0, 0.1) is 0 Å². The van der Waals surface area contributed by atoms with E-state index in [-0.39, 0.29) is 29.9 Å². The molecule has 1 unspecified atom stereocenters. The van der Waals surface area contributed by atoms with Crippen molar-refractivity contribution in [2.24, 2.45) is 0 Å². The molecule has 0 radical (unpaired) electrons. The van der Waals surface area contributed by atoms with Crippen LogP contribution < -0.4 is 10.9 Å². The van der Waals surface area contributed by atoms with Crippen LogP contribution in [0.1, 0.15) is 64.0 Å². The van der Waals surface area contributed by atoms with E-state index in [2.05, 4.69) is 5.32 Å². The van der Waals surface area contributed by atoms with Crippen molar-refractivity contribution in [1.82, 2.24) is 14.8 Å². The molecule has 1 atom stereocenters. The fourth-order valence-electron chi connectivity index (χ4n) is 3.69. The Kier molecular flexibility index (Phi) is 5.58. The lowest BCUT2D eigenvalue weighted by atomic mass is 9.90. The van der Waals surface area contributed by atoms with Crippen molar-refractivity contribution in [2.75, 3.05) is 13.1 Å². The van der Waals surface area contributed by atoms with E-state index in [4.69, 9.17) is 4.74 Å². The number of pyridine rings is 1. The largest absolute Gasteiger partial charge is 0.444 e. The number of piperidine rings is 2. The van der Waals surface area contributed by atoms with Crippen molar-refractivity contribution < 1.29 is 19.1 Å². The highest BCUT2D eigenvalue weighted by Gasteiger charge is 2.30.